The monoisotopic (exact) mass is 384 g/mol. The minimum Gasteiger partial charge on any atom is -0.497 e. The number of benzene rings is 2. The fourth-order valence-electron chi connectivity index (χ4n) is 2.69. The highest BCUT2D eigenvalue weighted by molar-refractivity contribution is 5.92. The van der Waals surface area contributed by atoms with Gasteiger partial charge < -0.3 is 19.7 Å². The van der Waals surface area contributed by atoms with E-state index in [2.05, 4.69) is 5.32 Å². The minimum atomic E-state index is -0.117. The van der Waals surface area contributed by atoms with Gasteiger partial charge in [0, 0.05) is 25.6 Å². The molecule has 6 nitrogen and oxygen atoms in total. The van der Waals surface area contributed by atoms with Crippen molar-refractivity contribution in [2.45, 2.75) is 27.2 Å². The van der Waals surface area contributed by atoms with Crippen molar-refractivity contribution in [3.05, 3.63) is 53.6 Å². The van der Waals surface area contributed by atoms with Crippen LogP contribution in [-0.2, 0) is 9.59 Å². The Balaban J connectivity index is 1.76. The zero-order chi connectivity index (χ0) is 20.5. The lowest BCUT2D eigenvalue weighted by atomic mass is 10.1. The standard InChI is InChI=1S/C22H28N2O4/c1-16-5-6-19(15-17(16)2)24(18(3)25)13-11-22(26)23-12-14-28-21-9-7-20(27-4)8-10-21/h5-10,15H,11-14H2,1-4H3,(H,23,26). The third kappa shape index (κ3) is 6.30. The van der Waals surface area contributed by atoms with Gasteiger partial charge in [-0.25, -0.2) is 0 Å². The highest BCUT2D eigenvalue weighted by Crippen LogP contribution is 2.19. The molecule has 28 heavy (non-hydrogen) atoms. The molecule has 2 rings (SSSR count). The lowest BCUT2D eigenvalue weighted by molar-refractivity contribution is -0.121. The first-order valence-corrected chi connectivity index (χ1v) is 9.29. The molecule has 0 aliphatic heterocycles. The Morgan fingerprint density at radius 1 is 1.00 bits per heavy atom. The molecule has 150 valence electrons. The van der Waals surface area contributed by atoms with Crippen LogP contribution in [0.2, 0.25) is 0 Å². The van der Waals surface area contributed by atoms with Crippen LogP contribution in [-0.4, -0.2) is 38.6 Å². The summed E-state index contributed by atoms with van der Waals surface area (Å²) in [6, 6.07) is 13.1. The Hall–Kier alpha value is -3.02. The quantitative estimate of drug-likeness (QED) is 0.674. The van der Waals surface area contributed by atoms with E-state index < -0.39 is 0 Å². The molecule has 0 aromatic heterocycles. The van der Waals surface area contributed by atoms with Crippen LogP contribution >= 0.6 is 0 Å². The Labute approximate surface area is 166 Å². The van der Waals surface area contributed by atoms with Gasteiger partial charge in [-0.3, -0.25) is 9.59 Å². The lowest BCUT2D eigenvalue weighted by Crippen LogP contribution is -2.35. The van der Waals surface area contributed by atoms with E-state index in [9.17, 15) is 9.59 Å². The topological polar surface area (TPSA) is 67.9 Å². The average molecular weight is 384 g/mol. The molecular weight excluding hydrogens is 356 g/mol. The molecule has 0 unspecified atom stereocenters. The number of carbonyl (C=O) groups excluding carboxylic acids is 2. The second-order valence-electron chi connectivity index (χ2n) is 6.56. The summed E-state index contributed by atoms with van der Waals surface area (Å²) < 4.78 is 10.7. The molecule has 0 fully saturated rings. The number of anilines is 1. The SMILES string of the molecule is COc1ccc(OCCNC(=O)CCN(C(C)=O)c2ccc(C)c(C)c2)cc1. The number of rotatable bonds is 9. The summed E-state index contributed by atoms with van der Waals surface area (Å²) in [4.78, 5) is 25.7. The van der Waals surface area contributed by atoms with Crippen molar-refractivity contribution in [3.63, 3.8) is 0 Å². The molecule has 0 saturated carbocycles. The van der Waals surface area contributed by atoms with Crippen molar-refractivity contribution in [1.29, 1.82) is 0 Å². The number of nitrogens with one attached hydrogen (secondary N) is 1. The number of methoxy groups -OCH3 is 1. The summed E-state index contributed by atoms with van der Waals surface area (Å²) in [7, 11) is 1.61. The first-order chi connectivity index (χ1) is 13.4. The van der Waals surface area contributed by atoms with Crippen LogP contribution in [0.1, 0.15) is 24.5 Å². The molecule has 0 atom stereocenters. The van der Waals surface area contributed by atoms with Crippen molar-refractivity contribution in [1.82, 2.24) is 5.32 Å². The van der Waals surface area contributed by atoms with E-state index in [4.69, 9.17) is 9.47 Å². The third-order valence-electron chi connectivity index (χ3n) is 4.50. The van der Waals surface area contributed by atoms with Crippen LogP contribution in [0, 0.1) is 13.8 Å². The molecule has 0 radical (unpaired) electrons. The zero-order valence-corrected chi connectivity index (χ0v) is 17.0. The summed E-state index contributed by atoms with van der Waals surface area (Å²) in [5.41, 5.74) is 3.09. The number of hydrogen-bond donors (Lipinski definition) is 1. The predicted octanol–water partition coefficient (Wildman–Crippen LogP) is 3.25. The van der Waals surface area contributed by atoms with Gasteiger partial charge in [0.25, 0.3) is 0 Å². The minimum absolute atomic E-state index is 0.0844. The largest absolute Gasteiger partial charge is 0.497 e. The Kier molecular flexibility index (Phi) is 7.87. The number of amides is 2. The van der Waals surface area contributed by atoms with Gasteiger partial charge in [0.15, 0.2) is 0 Å². The van der Waals surface area contributed by atoms with E-state index in [-0.39, 0.29) is 18.2 Å². The number of carbonyl (C=O) groups is 2. The Morgan fingerprint density at radius 2 is 1.68 bits per heavy atom. The van der Waals surface area contributed by atoms with E-state index in [1.165, 1.54) is 12.5 Å². The van der Waals surface area contributed by atoms with Crippen LogP contribution in [0.4, 0.5) is 5.69 Å². The van der Waals surface area contributed by atoms with Crippen LogP contribution in [0.3, 0.4) is 0 Å². The van der Waals surface area contributed by atoms with Gasteiger partial charge in [-0.1, -0.05) is 6.07 Å². The molecule has 0 saturated heterocycles. The van der Waals surface area contributed by atoms with E-state index in [1.54, 1.807) is 12.0 Å². The van der Waals surface area contributed by atoms with Gasteiger partial charge in [-0.2, -0.15) is 0 Å². The highest BCUT2D eigenvalue weighted by atomic mass is 16.5. The predicted molar refractivity (Wildman–Crippen MR) is 110 cm³/mol. The number of nitrogens with zero attached hydrogens (tertiary/aromatic N) is 1. The summed E-state index contributed by atoms with van der Waals surface area (Å²) in [6.07, 6.45) is 0.231. The van der Waals surface area contributed by atoms with Crippen molar-refractivity contribution in [2.24, 2.45) is 0 Å². The highest BCUT2D eigenvalue weighted by Gasteiger charge is 2.14. The third-order valence-corrected chi connectivity index (χ3v) is 4.50. The summed E-state index contributed by atoms with van der Waals surface area (Å²) in [5.74, 6) is 1.28. The molecule has 0 aliphatic carbocycles. The van der Waals surface area contributed by atoms with Gasteiger partial charge in [-0.05, 0) is 61.4 Å². The molecule has 2 aromatic rings. The fraction of sp³-hybridized carbons (Fsp3) is 0.364. The zero-order valence-electron chi connectivity index (χ0n) is 17.0. The van der Waals surface area contributed by atoms with Crippen LogP contribution < -0.4 is 19.7 Å². The number of aryl methyl sites for hydroxylation is 2. The Bertz CT molecular complexity index is 803. The number of hydrogen-bond acceptors (Lipinski definition) is 4. The molecule has 1 N–H and O–H groups in total. The Morgan fingerprint density at radius 3 is 2.29 bits per heavy atom. The van der Waals surface area contributed by atoms with Crippen LogP contribution in [0.5, 0.6) is 11.5 Å². The van der Waals surface area contributed by atoms with E-state index in [0.717, 1.165) is 17.0 Å². The van der Waals surface area contributed by atoms with Gasteiger partial charge >= 0.3 is 0 Å². The average Bonchev–Trinajstić information content (AvgIpc) is 2.68. The van der Waals surface area contributed by atoms with E-state index >= 15 is 0 Å². The van der Waals surface area contributed by atoms with E-state index in [0.29, 0.717) is 25.4 Å². The van der Waals surface area contributed by atoms with Crippen LogP contribution in [0.25, 0.3) is 0 Å². The molecule has 0 spiro atoms. The summed E-state index contributed by atoms with van der Waals surface area (Å²) in [6.45, 7) is 6.64. The molecule has 0 bridgehead atoms. The maximum absolute atomic E-state index is 12.1. The van der Waals surface area contributed by atoms with Crippen molar-refractivity contribution in [2.75, 3.05) is 31.7 Å². The summed E-state index contributed by atoms with van der Waals surface area (Å²) >= 11 is 0. The maximum Gasteiger partial charge on any atom is 0.223 e. The van der Waals surface area contributed by atoms with Gasteiger partial charge in [0.2, 0.25) is 11.8 Å². The van der Waals surface area contributed by atoms with E-state index in [1.807, 2.05) is 56.3 Å². The van der Waals surface area contributed by atoms with Gasteiger partial charge in [0.1, 0.15) is 18.1 Å². The molecular formula is C22H28N2O4. The molecule has 2 aromatic carbocycles. The molecule has 6 heteroatoms. The lowest BCUT2D eigenvalue weighted by Gasteiger charge is -2.22. The van der Waals surface area contributed by atoms with Crippen LogP contribution in [0.15, 0.2) is 42.5 Å². The summed E-state index contributed by atoms with van der Waals surface area (Å²) in [5, 5.41) is 2.82. The second-order valence-corrected chi connectivity index (χ2v) is 6.56. The molecule has 0 aliphatic rings. The normalized spacial score (nSPS) is 10.3. The molecule has 2 amide bonds. The van der Waals surface area contributed by atoms with Gasteiger partial charge in [-0.15, -0.1) is 0 Å². The van der Waals surface area contributed by atoms with Crippen molar-refractivity contribution >= 4 is 17.5 Å². The second kappa shape index (κ2) is 10.3. The first-order valence-electron chi connectivity index (χ1n) is 9.29. The van der Waals surface area contributed by atoms with Crippen molar-refractivity contribution in [3.8, 4) is 11.5 Å². The number of ether oxygens (including phenoxy) is 2. The van der Waals surface area contributed by atoms with Crippen molar-refractivity contribution < 1.29 is 19.1 Å². The fourth-order valence-corrected chi connectivity index (χ4v) is 2.69. The van der Waals surface area contributed by atoms with Gasteiger partial charge in [0.05, 0.1) is 13.7 Å². The maximum atomic E-state index is 12.1. The first kappa shape index (κ1) is 21.3. The molecule has 0 heterocycles. The smallest absolute Gasteiger partial charge is 0.223 e.